The Morgan fingerprint density at radius 3 is 2.78 bits per heavy atom. The maximum absolute atomic E-state index is 10.9. The molecule has 0 saturated carbocycles. The summed E-state index contributed by atoms with van der Waals surface area (Å²) in [5, 5.41) is 11.8. The van der Waals surface area contributed by atoms with E-state index in [0.29, 0.717) is 11.6 Å². The molecule has 0 spiro atoms. The zero-order chi connectivity index (χ0) is 15.8. The van der Waals surface area contributed by atoms with Crippen molar-refractivity contribution in [2.75, 3.05) is 31.1 Å². The van der Waals surface area contributed by atoms with Crippen molar-refractivity contribution in [3.8, 4) is 0 Å². The van der Waals surface area contributed by atoms with Gasteiger partial charge in [0.1, 0.15) is 12.1 Å². The van der Waals surface area contributed by atoms with E-state index in [1.165, 1.54) is 44.4 Å². The quantitative estimate of drug-likeness (QED) is 0.639. The Morgan fingerprint density at radius 2 is 2.00 bits per heavy atom. The molecule has 4 rings (SSSR count). The highest BCUT2D eigenvalue weighted by Crippen LogP contribution is 2.30. The molecule has 2 saturated heterocycles. The number of rotatable bonds is 3. The summed E-state index contributed by atoms with van der Waals surface area (Å²) < 4.78 is 0. The van der Waals surface area contributed by atoms with E-state index in [9.17, 15) is 10.1 Å². The fourth-order valence-corrected chi connectivity index (χ4v) is 3.74. The smallest absolute Gasteiger partial charge is 0.271 e. The van der Waals surface area contributed by atoms with Crippen molar-refractivity contribution in [1.82, 2.24) is 14.9 Å². The third kappa shape index (κ3) is 2.61. The Kier molecular flexibility index (Phi) is 3.57. The maximum Gasteiger partial charge on any atom is 0.271 e. The molecule has 120 valence electrons. The molecule has 1 aromatic carbocycles. The SMILES string of the molecule is O=[N+]([O-])c1ccc2c(N3CCC(N4CCCC4)C3)ncnc2c1. The van der Waals surface area contributed by atoms with Gasteiger partial charge in [-0.3, -0.25) is 15.0 Å². The first-order valence-electron chi connectivity index (χ1n) is 8.10. The number of nitro benzene ring substituents is 1. The van der Waals surface area contributed by atoms with Gasteiger partial charge in [0, 0.05) is 36.7 Å². The van der Waals surface area contributed by atoms with Crippen LogP contribution < -0.4 is 4.90 Å². The predicted molar refractivity (Wildman–Crippen MR) is 87.6 cm³/mol. The summed E-state index contributed by atoms with van der Waals surface area (Å²) in [6.45, 7) is 4.36. The number of hydrogen-bond donors (Lipinski definition) is 0. The highest BCUT2D eigenvalue weighted by molar-refractivity contribution is 5.90. The molecule has 0 aliphatic carbocycles. The van der Waals surface area contributed by atoms with Gasteiger partial charge in [-0.05, 0) is 38.4 Å². The normalized spacial score (nSPS) is 22.1. The predicted octanol–water partition coefficient (Wildman–Crippen LogP) is 2.21. The van der Waals surface area contributed by atoms with E-state index in [0.717, 1.165) is 30.7 Å². The molecule has 23 heavy (non-hydrogen) atoms. The fraction of sp³-hybridized carbons (Fsp3) is 0.500. The monoisotopic (exact) mass is 313 g/mol. The third-order valence-corrected chi connectivity index (χ3v) is 4.93. The first-order valence-corrected chi connectivity index (χ1v) is 8.10. The summed E-state index contributed by atoms with van der Waals surface area (Å²) in [6.07, 6.45) is 5.26. The minimum atomic E-state index is -0.388. The van der Waals surface area contributed by atoms with Crippen LogP contribution in [-0.2, 0) is 0 Å². The summed E-state index contributed by atoms with van der Waals surface area (Å²) in [5.74, 6) is 0.895. The van der Waals surface area contributed by atoms with Gasteiger partial charge in [-0.15, -0.1) is 0 Å². The summed E-state index contributed by atoms with van der Waals surface area (Å²) in [6, 6.07) is 5.42. The Hall–Kier alpha value is -2.28. The van der Waals surface area contributed by atoms with Crippen molar-refractivity contribution in [3.05, 3.63) is 34.6 Å². The van der Waals surface area contributed by atoms with Gasteiger partial charge < -0.3 is 4.90 Å². The Balaban J connectivity index is 1.62. The van der Waals surface area contributed by atoms with Gasteiger partial charge in [0.15, 0.2) is 0 Å². The molecule has 1 unspecified atom stereocenters. The number of nitrogens with zero attached hydrogens (tertiary/aromatic N) is 5. The second kappa shape index (κ2) is 5.73. The number of nitro groups is 1. The second-order valence-electron chi connectivity index (χ2n) is 6.29. The van der Waals surface area contributed by atoms with E-state index in [1.807, 2.05) is 0 Å². The molecule has 3 heterocycles. The van der Waals surface area contributed by atoms with E-state index in [-0.39, 0.29) is 10.6 Å². The van der Waals surface area contributed by atoms with Crippen LogP contribution in [-0.4, -0.2) is 52.0 Å². The molecule has 7 nitrogen and oxygen atoms in total. The van der Waals surface area contributed by atoms with Gasteiger partial charge in [0.2, 0.25) is 0 Å². The maximum atomic E-state index is 10.9. The number of fused-ring (bicyclic) bond motifs is 1. The third-order valence-electron chi connectivity index (χ3n) is 4.93. The van der Waals surface area contributed by atoms with Crippen LogP contribution in [0.4, 0.5) is 11.5 Å². The lowest BCUT2D eigenvalue weighted by Gasteiger charge is -2.24. The lowest BCUT2D eigenvalue weighted by Crippen LogP contribution is -2.35. The van der Waals surface area contributed by atoms with Gasteiger partial charge in [0.05, 0.1) is 10.4 Å². The van der Waals surface area contributed by atoms with Gasteiger partial charge in [0.25, 0.3) is 5.69 Å². The van der Waals surface area contributed by atoms with Crippen LogP contribution in [0.15, 0.2) is 24.5 Å². The number of non-ortho nitro benzene ring substituents is 1. The zero-order valence-corrected chi connectivity index (χ0v) is 12.9. The van der Waals surface area contributed by atoms with Crippen molar-refractivity contribution in [2.45, 2.75) is 25.3 Å². The van der Waals surface area contributed by atoms with Crippen LogP contribution in [0.1, 0.15) is 19.3 Å². The second-order valence-corrected chi connectivity index (χ2v) is 6.29. The Labute approximate surface area is 134 Å². The Bertz CT molecular complexity index is 744. The van der Waals surface area contributed by atoms with Crippen molar-refractivity contribution in [1.29, 1.82) is 0 Å². The van der Waals surface area contributed by atoms with E-state index in [2.05, 4.69) is 19.8 Å². The minimum Gasteiger partial charge on any atom is -0.354 e. The van der Waals surface area contributed by atoms with E-state index in [4.69, 9.17) is 0 Å². The van der Waals surface area contributed by atoms with Crippen LogP contribution in [0.3, 0.4) is 0 Å². The van der Waals surface area contributed by atoms with Gasteiger partial charge >= 0.3 is 0 Å². The van der Waals surface area contributed by atoms with Crippen LogP contribution >= 0.6 is 0 Å². The molecule has 2 aliphatic heterocycles. The number of hydrogen-bond acceptors (Lipinski definition) is 6. The standard InChI is InChI=1S/C16H19N5O2/c22-21(23)12-3-4-14-15(9-12)17-11-18-16(14)20-8-5-13(10-20)19-6-1-2-7-19/h3-4,9,11,13H,1-2,5-8,10H2. The van der Waals surface area contributed by atoms with Crippen LogP contribution in [0.25, 0.3) is 10.9 Å². The molecule has 0 N–H and O–H groups in total. The fourth-order valence-electron chi connectivity index (χ4n) is 3.74. The average molecular weight is 313 g/mol. The molecule has 0 radical (unpaired) electrons. The molecular weight excluding hydrogens is 294 g/mol. The van der Waals surface area contributed by atoms with Crippen LogP contribution in [0, 0.1) is 10.1 Å². The number of benzene rings is 1. The lowest BCUT2D eigenvalue weighted by molar-refractivity contribution is -0.384. The van der Waals surface area contributed by atoms with Gasteiger partial charge in [-0.2, -0.15) is 0 Å². The van der Waals surface area contributed by atoms with Crippen molar-refractivity contribution in [2.24, 2.45) is 0 Å². The first kappa shape index (κ1) is 14.3. The zero-order valence-electron chi connectivity index (χ0n) is 12.9. The van der Waals surface area contributed by atoms with Crippen molar-refractivity contribution in [3.63, 3.8) is 0 Å². The van der Waals surface area contributed by atoms with Crippen molar-refractivity contribution < 1.29 is 4.92 Å². The Morgan fingerprint density at radius 1 is 1.17 bits per heavy atom. The van der Waals surface area contributed by atoms with Gasteiger partial charge in [-0.25, -0.2) is 9.97 Å². The molecule has 0 bridgehead atoms. The number of likely N-dealkylation sites (tertiary alicyclic amines) is 1. The molecule has 2 fully saturated rings. The summed E-state index contributed by atoms with van der Waals surface area (Å²) in [4.78, 5) is 24.1. The minimum absolute atomic E-state index is 0.0681. The largest absolute Gasteiger partial charge is 0.354 e. The molecule has 7 heteroatoms. The lowest BCUT2D eigenvalue weighted by atomic mass is 10.2. The summed E-state index contributed by atoms with van der Waals surface area (Å²) in [7, 11) is 0. The average Bonchev–Trinajstić information content (AvgIpc) is 3.24. The topological polar surface area (TPSA) is 75.4 Å². The molecule has 0 amide bonds. The van der Waals surface area contributed by atoms with E-state index in [1.54, 1.807) is 6.07 Å². The van der Waals surface area contributed by atoms with E-state index >= 15 is 0 Å². The highest BCUT2D eigenvalue weighted by atomic mass is 16.6. The first-order chi connectivity index (χ1) is 11.2. The molecule has 2 aliphatic rings. The number of anilines is 1. The van der Waals surface area contributed by atoms with Crippen LogP contribution in [0.5, 0.6) is 0 Å². The van der Waals surface area contributed by atoms with Gasteiger partial charge in [-0.1, -0.05) is 0 Å². The molecule has 2 aromatic rings. The van der Waals surface area contributed by atoms with Crippen molar-refractivity contribution >= 4 is 22.4 Å². The number of aromatic nitrogens is 2. The molecule has 1 aromatic heterocycles. The molecular formula is C16H19N5O2. The van der Waals surface area contributed by atoms with Crippen LogP contribution in [0.2, 0.25) is 0 Å². The molecule has 1 atom stereocenters. The summed E-state index contributed by atoms with van der Waals surface area (Å²) in [5.41, 5.74) is 0.701. The summed E-state index contributed by atoms with van der Waals surface area (Å²) >= 11 is 0. The highest BCUT2D eigenvalue weighted by Gasteiger charge is 2.30. The van der Waals surface area contributed by atoms with E-state index < -0.39 is 0 Å².